The van der Waals surface area contributed by atoms with Gasteiger partial charge in [-0.2, -0.15) is 0 Å². The number of nitrogens with zero attached hydrogens (tertiary/aromatic N) is 4. The van der Waals surface area contributed by atoms with Crippen molar-refractivity contribution in [2.75, 3.05) is 0 Å². The van der Waals surface area contributed by atoms with Crippen molar-refractivity contribution in [3.8, 4) is 51.0 Å². The predicted octanol–water partition coefficient (Wildman–Crippen LogP) is 13.4. The highest BCUT2D eigenvalue weighted by Crippen LogP contribution is 2.44. The third-order valence-corrected chi connectivity index (χ3v) is 11.1. The van der Waals surface area contributed by atoms with E-state index < -0.39 is 0 Å². The maximum Gasteiger partial charge on any atom is 0.167 e. The van der Waals surface area contributed by atoms with Crippen LogP contribution in [0.1, 0.15) is 0 Å². The summed E-state index contributed by atoms with van der Waals surface area (Å²) in [5, 5.41) is 6.34. The summed E-state index contributed by atoms with van der Waals surface area (Å²) in [7, 11) is 0. The lowest BCUT2D eigenvalue weighted by atomic mass is 10.0. The van der Waals surface area contributed by atoms with E-state index in [-0.39, 0.29) is 0 Å². The van der Waals surface area contributed by atoms with Crippen LogP contribution < -0.4 is 0 Å². The summed E-state index contributed by atoms with van der Waals surface area (Å²) in [5.41, 5.74) is 11.3. The van der Waals surface area contributed by atoms with Crippen molar-refractivity contribution in [3.05, 3.63) is 182 Å². The maximum atomic E-state index is 7.11. The molecule has 266 valence electrons. The minimum atomic E-state index is 0.530. The average Bonchev–Trinajstić information content (AvgIpc) is 3.96. The highest BCUT2D eigenvalue weighted by molar-refractivity contribution is 6.25. The molecule has 0 atom stereocenters. The molecule has 12 aromatic rings. The molecule has 6 nitrogen and oxygen atoms in total. The Kier molecular flexibility index (Phi) is 6.83. The Bertz CT molecular complexity index is 3510. The lowest BCUT2D eigenvalue weighted by Crippen LogP contribution is -2.00. The fraction of sp³-hybridized carbons (Fsp3) is 0. The first-order chi connectivity index (χ1) is 28.2. The molecule has 0 aliphatic heterocycles. The molecule has 4 aromatic heterocycles. The molecule has 4 heterocycles. The number of hydrogen-bond acceptors (Lipinski definition) is 5. The molecule has 0 N–H and O–H groups in total. The van der Waals surface area contributed by atoms with Crippen molar-refractivity contribution in [1.82, 2.24) is 19.5 Å². The van der Waals surface area contributed by atoms with Gasteiger partial charge in [0, 0.05) is 43.7 Å². The second kappa shape index (κ2) is 12.3. The van der Waals surface area contributed by atoms with Gasteiger partial charge in [-0.1, -0.05) is 121 Å². The standard InChI is InChI=1S/C51H30N4O2/c1-4-13-31(14-5-1)33-24-27-42-41(29-33)46-43(55(42)35-17-8-3-9-18-35)28-26-39-38-20-12-21-40(47(38)57-48(39)46)51-53-49(32-15-6-2-7-16-32)52-50(54-51)34-23-25-37-36-19-10-11-22-44(36)56-45(37)30-34/h1-30H. The topological polar surface area (TPSA) is 69.9 Å². The largest absolute Gasteiger partial charge is 0.456 e. The summed E-state index contributed by atoms with van der Waals surface area (Å²) in [5.74, 6) is 1.66. The van der Waals surface area contributed by atoms with Crippen LogP contribution in [0.5, 0.6) is 0 Å². The summed E-state index contributed by atoms with van der Waals surface area (Å²) in [6.07, 6.45) is 0. The Morgan fingerprint density at radius 1 is 0.351 bits per heavy atom. The molecule has 6 heteroatoms. The van der Waals surface area contributed by atoms with Crippen molar-refractivity contribution in [2.24, 2.45) is 0 Å². The highest BCUT2D eigenvalue weighted by atomic mass is 16.3. The van der Waals surface area contributed by atoms with Crippen LogP contribution in [-0.4, -0.2) is 19.5 Å². The van der Waals surface area contributed by atoms with Crippen molar-refractivity contribution in [3.63, 3.8) is 0 Å². The molecular weight excluding hydrogens is 701 g/mol. The van der Waals surface area contributed by atoms with Crippen molar-refractivity contribution in [1.29, 1.82) is 0 Å². The van der Waals surface area contributed by atoms with Crippen molar-refractivity contribution in [2.45, 2.75) is 0 Å². The third-order valence-electron chi connectivity index (χ3n) is 11.1. The smallest absolute Gasteiger partial charge is 0.167 e. The Morgan fingerprint density at radius 2 is 0.965 bits per heavy atom. The fourth-order valence-corrected chi connectivity index (χ4v) is 8.41. The Labute approximate surface area is 325 Å². The average molecular weight is 731 g/mol. The van der Waals surface area contributed by atoms with E-state index in [2.05, 4.69) is 126 Å². The summed E-state index contributed by atoms with van der Waals surface area (Å²) in [6.45, 7) is 0. The van der Waals surface area contributed by atoms with E-state index in [9.17, 15) is 0 Å². The Morgan fingerprint density at radius 3 is 1.79 bits per heavy atom. The van der Waals surface area contributed by atoms with E-state index in [0.29, 0.717) is 17.5 Å². The van der Waals surface area contributed by atoms with Gasteiger partial charge in [0.25, 0.3) is 0 Å². The zero-order chi connectivity index (χ0) is 37.5. The summed E-state index contributed by atoms with van der Waals surface area (Å²) in [6, 6.07) is 62.7. The molecule has 0 saturated carbocycles. The molecule has 0 radical (unpaired) electrons. The number of rotatable bonds is 5. The second-order valence-corrected chi connectivity index (χ2v) is 14.4. The number of para-hydroxylation sites is 3. The van der Waals surface area contributed by atoms with Crippen LogP contribution in [0.2, 0.25) is 0 Å². The first-order valence-corrected chi connectivity index (χ1v) is 19.0. The SMILES string of the molecule is c1ccc(-c2ccc3c(c2)c2c4oc5c(-c6nc(-c7ccccc7)nc(-c7ccc8c(c7)oc7ccccc78)n6)cccc5c4ccc2n3-c2ccccc2)cc1. The van der Waals surface area contributed by atoms with Crippen LogP contribution in [0.3, 0.4) is 0 Å². The van der Waals surface area contributed by atoms with E-state index in [4.69, 9.17) is 23.8 Å². The number of furan rings is 2. The molecule has 0 unspecified atom stereocenters. The Balaban J connectivity index is 1.11. The normalized spacial score (nSPS) is 11.9. The quantitative estimate of drug-likeness (QED) is 0.176. The number of fused-ring (bicyclic) bond motifs is 10. The van der Waals surface area contributed by atoms with Gasteiger partial charge in [-0.05, 0) is 71.8 Å². The van der Waals surface area contributed by atoms with E-state index in [1.165, 1.54) is 5.56 Å². The molecule has 8 aromatic carbocycles. The van der Waals surface area contributed by atoms with Gasteiger partial charge in [-0.25, -0.2) is 15.0 Å². The highest BCUT2D eigenvalue weighted by Gasteiger charge is 2.22. The first kappa shape index (κ1) is 31.5. The van der Waals surface area contributed by atoms with E-state index in [1.807, 2.05) is 60.7 Å². The van der Waals surface area contributed by atoms with Crippen LogP contribution in [0.4, 0.5) is 0 Å². The molecule has 0 fully saturated rings. The number of aromatic nitrogens is 4. The van der Waals surface area contributed by atoms with E-state index in [1.54, 1.807) is 0 Å². The van der Waals surface area contributed by atoms with Crippen molar-refractivity contribution >= 4 is 65.7 Å². The number of benzene rings is 8. The van der Waals surface area contributed by atoms with Crippen LogP contribution in [0, 0.1) is 0 Å². The summed E-state index contributed by atoms with van der Waals surface area (Å²) < 4.78 is 15.7. The fourth-order valence-electron chi connectivity index (χ4n) is 8.41. The third kappa shape index (κ3) is 4.94. The summed E-state index contributed by atoms with van der Waals surface area (Å²) in [4.78, 5) is 15.3. The van der Waals surface area contributed by atoms with Gasteiger partial charge < -0.3 is 13.4 Å². The second-order valence-electron chi connectivity index (χ2n) is 14.4. The lowest BCUT2D eigenvalue weighted by Gasteiger charge is -2.09. The minimum Gasteiger partial charge on any atom is -0.456 e. The number of hydrogen-bond donors (Lipinski definition) is 0. The predicted molar refractivity (Wildman–Crippen MR) is 230 cm³/mol. The maximum absolute atomic E-state index is 7.11. The zero-order valence-electron chi connectivity index (χ0n) is 30.4. The molecule has 12 rings (SSSR count). The summed E-state index contributed by atoms with van der Waals surface area (Å²) >= 11 is 0. The molecule has 0 saturated heterocycles. The lowest BCUT2D eigenvalue weighted by molar-refractivity contribution is 0.669. The molecule has 0 spiro atoms. The first-order valence-electron chi connectivity index (χ1n) is 19.0. The van der Waals surface area contributed by atoms with Gasteiger partial charge in [0.05, 0.1) is 22.0 Å². The molecule has 0 aliphatic rings. The van der Waals surface area contributed by atoms with Gasteiger partial charge in [0.15, 0.2) is 17.5 Å². The van der Waals surface area contributed by atoms with Gasteiger partial charge >= 0.3 is 0 Å². The Hall–Kier alpha value is -7.83. The van der Waals surface area contributed by atoms with E-state index in [0.717, 1.165) is 93.6 Å². The van der Waals surface area contributed by atoms with Gasteiger partial charge in [0.1, 0.15) is 22.3 Å². The molecule has 57 heavy (non-hydrogen) atoms. The van der Waals surface area contributed by atoms with Crippen molar-refractivity contribution < 1.29 is 8.83 Å². The van der Waals surface area contributed by atoms with Crippen LogP contribution in [0.15, 0.2) is 191 Å². The van der Waals surface area contributed by atoms with Crippen LogP contribution in [0.25, 0.3) is 117 Å². The van der Waals surface area contributed by atoms with Crippen LogP contribution in [-0.2, 0) is 0 Å². The molecule has 0 aliphatic carbocycles. The van der Waals surface area contributed by atoms with Crippen LogP contribution >= 0.6 is 0 Å². The minimum absolute atomic E-state index is 0.530. The molecular formula is C51H30N4O2. The molecule has 0 amide bonds. The van der Waals surface area contributed by atoms with E-state index >= 15 is 0 Å². The monoisotopic (exact) mass is 730 g/mol. The van der Waals surface area contributed by atoms with Gasteiger partial charge in [0.2, 0.25) is 0 Å². The van der Waals surface area contributed by atoms with Gasteiger partial charge in [-0.15, -0.1) is 0 Å². The molecule has 0 bridgehead atoms. The zero-order valence-corrected chi connectivity index (χ0v) is 30.4. The van der Waals surface area contributed by atoms with Gasteiger partial charge in [-0.3, -0.25) is 0 Å².